The molecule has 0 heterocycles. The number of aliphatic hydroxyl groups is 1. The molecule has 0 aromatic heterocycles. The summed E-state index contributed by atoms with van der Waals surface area (Å²) >= 11 is 0. The van der Waals surface area contributed by atoms with E-state index in [4.69, 9.17) is 5.73 Å². The third-order valence-electron chi connectivity index (χ3n) is 10.0. The van der Waals surface area contributed by atoms with Gasteiger partial charge in [0.05, 0.1) is 6.10 Å². The zero-order valence-corrected chi connectivity index (χ0v) is 18.4. The Hall–Kier alpha value is -0.380. The largest absolute Gasteiger partial charge is 0.393 e. The van der Waals surface area contributed by atoms with Crippen LogP contribution in [0.3, 0.4) is 0 Å². The molecule has 7 unspecified atom stereocenters. The molecule has 4 saturated carbocycles. The van der Waals surface area contributed by atoms with Gasteiger partial charge in [-0.15, -0.1) is 0 Å². The van der Waals surface area contributed by atoms with Crippen LogP contribution in [0.4, 0.5) is 0 Å². The molecule has 4 aliphatic carbocycles. The van der Waals surface area contributed by atoms with Crippen molar-refractivity contribution in [2.75, 3.05) is 13.1 Å². The normalized spacial score (nSPS) is 47.4. The molecule has 4 fully saturated rings. The highest BCUT2D eigenvalue weighted by Crippen LogP contribution is 2.63. The number of nitrogens with one attached hydrogen (secondary N) is 1. The van der Waals surface area contributed by atoms with Gasteiger partial charge in [0.1, 0.15) is 0 Å². The van der Waals surface area contributed by atoms with Crippen molar-refractivity contribution < 1.29 is 5.11 Å². The number of fused-ring (bicyclic) bond motifs is 1. The first-order chi connectivity index (χ1) is 13.4. The van der Waals surface area contributed by atoms with Crippen LogP contribution in [-0.4, -0.2) is 30.3 Å². The van der Waals surface area contributed by atoms with E-state index in [2.05, 4.69) is 25.7 Å². The first kappa shape index (κ1) is 20.9. The number of nitrogens with two attached hydrogens (primary N) is 1. The Morgan fingerprint density at radius 3 is 2.54 bits per heavy atom. The third-order valence-corrected chi connectivity index (χ3v) is 10.0. The summed E-state index contributed by atoms with van der Waals surface area (Å²) in [4.78, 5) is 0. The van der Waals surface area contributed by atoms with Crippen LogP contribution in [0.5, 0.6) is 0 Å². The van der Waals surface area contributed by atoms with Crippen molar-refractivity contribution >= 4 is 0 Å². The van der Waals surface area contributed by atoms with Crippen LogP contribution in [0, 0.1) is 34.5 Å². The van der Waals surface area contributed by atoms with Gasteiger partial charge in [0.15, 0.2) is 0 Å². The van der Waals surface area contributed by atoms with E-state index in [1.165, 1.54) is 56.9 Å². The van der Waals surface area contributed by atoms with Gasteiger partial charge in [0.25, 0.3) is 0 Å². The number of hydrogen-bond donors (Lipinski definition) is 3. The molecule has 3 heteroatoms. The van der Waals surface area contributed by atoms with Gasteiger partial charge in [-0.1, -0.05) is 38.8 Å². The van der Waals surface area contributed by atoms with Gasteiger partial charge in [0, 0.05) is 6.04 Å². The average Bonchev–Trinajstić information content (AvgIpc) is 3.30. The summed E-state index contributed by atoms with van der Waals surface area (Å²) in [6.45, 7) is 11.4. The average molecular weight is 389 g/mol. The van der Waals surface area contributed by atoms with Gasteiger partial charge in [0.2, 0.25) is 0 Å². The Morgan fingerprint density at radius 2 is 1.82 bits per heavy atom. The zero-order valence-electron chi connectivity index (χ0n) is 18.4. The summed E-state index contributed by atoms with van der Waals surface area (Å²) in [6, 6.07) is 0.710. The minimum atomic E-state index is -0.111. The van der Waals surface area contributed by atoms with E-state index >= 15 is 0 Å². The number of rotatable bonds is 5. The predicted molar refractivity (Wildman–Crippen MR) is 117 cm³/mol. The Kier molecular flexibility index (Phi) is 5.99. The summed E-state index contributed by atoms with van der Waals surface area (Å²) in [5.41, 5.74) is 8.58. The van der Waals surface area contributed by atoms with Crippen molar-refractivity contribution in [1.29, 1.82) is 0 Å². The smallest absolute Gasteiger partial charge is 0.0543 e. The van der Waals surface area contributed by atoms with Crippen molar-refractivity contribution in [1.82, 2.24) is 5.32 Å². The third kappa shape index (κ3) is 3.50. The fourth-order valence-corrected chi connectivity index (χ4v) is 7.98. The predicted octanol–water partition coefficient (Wildman–Crippen LogP) is 4.64. The maximum absolute atomic E-state index is 10.5. The van der Waals surface area contributed by atoms with Crippen LogP contribution >= 0.6 is 0 Å². The monoisotopic (exact) mass is 388 g/mol. The highest BCUT2D eigenvalue weighted by Gasteiger charge is 2.56. The molecular formula is C25H44N2O. The molecule has 3 nitrogen and oxygen atoms in total. The molecule has 0 bridgehead atoms. The Labute approximate surface area is 172 Å². The number of aliphatic hydroxyl groups excluding tert-OH is 1. The second kappa shape index (κ2) is 8.04. The lowest BCUT2D eigenvalue weighted by Gasteiger charge is -2.57. The molecule has 0 radical (unpaired) electrons. The van der Waals surface area contributed by atoms with Gasteiger partial charge in [-0.2, -0.15) is 0 Å². The second-order valence-electron chi connectivity index (χ2n) is 11.2. The number of hydrogen-bond acceptors (Lipinski definition) is 3. The molecule has 7 atom stereocenters. The van der Waals surface area contributed by atoms with E-state index in [0.717, 1.165) is 38.3 Å². The lowest BCUT2D eigenvalue weighted by Crippen LogP contribution is -2.54. The molecule has 0 spiro atoms. The van der Waals surface area contributed by atoms with Crippen molar-refractivity contribution in [3.05, 3.63) is 12.2 Å². The Morgan fingerprint density at radius 1 is 1.07 bits per heavy atom. The van der Waals surface area contributed by atoms with Crippen molar-refractivity contribution in [3.63, 3.8) is 0 Å². The first-order valence-corrected chi connectivity index (χ1v) is 12.2. The van der Waals surface area contributed by atoms with Crippen LogP contribution in [0.2, 0.25) is 0 Å². The summed E-state index contributed by atoms with van der Waals surface area (Å²) in [5.74, 6) is 2.61. The summed E-state index contributed by atoms with van der Waals surface area (Å²) in [7, 11) is 0. The standard InChI is InChI=1S/C25H44N2O/c1-17-8-9-22-21(15-26)23(11-13-24(17,22)2)25(3)12-10-20(28)14-18(25)16-27-19-6-4-5-7-19/h18-23,27-28H,1,4-16,26H2,2-3H3. The maximum Gasteiger partial charge on any atom is 0.0543 e. The molecule has 28 heavy (non-hydrogen) atoms. The fourth-order valence-electron chi connectivity index (χ4n) is 7.98. The SMILES string of the molecule is C=C1CCC2C(CN)C(C3(C)CCC(O)CC3CNC3CCCC3)CCC12C. The van der Waals surface area contributed by atoms with Crippen LogP contribution in [0.25, 0.3) is 0 Å². The van der Waals surface area contributed by atoms with E-state index in [-0.39, 0.29) is 6.10 Å². The Bertz CT molecular complexity index is 571. The summed E-state index contributed by atoms with van der Waals surface area (Å²) in [6.07, 6.45) is 13.5. The summed E-state index contributed by atoms with van der Waals surface area (Å²) in [5, 5.41) is 14.4. The zero-order chi connectivity index (χ0) is 19.9. The van der Waals surface area contributed by atoms with Crippen LogP contribution in [-0.2, 0) is 0 Å². The minimum Gasteiger partial charge on any atom is -0.393 e. The summed E-state index contributed by atoms with van der Waals surface area (Å²) < 4.78 is 0. The highest BCUT2D eigenvalue weighted by molar-refractivity contribution is 5.21. The molecule has 0 amide bonds. The molecule has 0 aromatic rings. The maximum atomic E-state index is 10.5. The Balaban J connectivity index is 1.54. The highest BCUT2D eigenvalue weighted by atomic mass is 16.3. The molecular weight excluding hydrogens is 344 g/mol. The van der Waals surface area contributed by atoms with E-state index in [9.17, 15) is 5.11 Å². The lowest BCUT2D eigenvalue weighted by atomic mass is 9.49. The van der Waals surface area contributed by atoms with E-state index in [0.29, 0.717) is 34.6 Å². The molecule has 0 aliphatic heterocycles. The van der Waals surface area contributed by atoms with Crippen molar-refractivity contribution in [3.8, 4) is 0 Å². The van der Waals surface area contributed by atoms with Crippen LogP contribution in [0.1, 0.15) is 84.5 Å². The molecule has 0 aromatic carbocycles. The molecule has 4 aliphatic rings. The van der Waals surface area contributed by atoms with Crippen LogP contribution in [0.15, 0.2) is 12.2 Å². The van der Waals surface area contributed by atoms with E-state index in [1.54, 1.807) is 0 Å². The topological polar surface area (TPSA) is 58.3 Å². The molecule has 4 rings (SSSR count). The van der Waals surface area contributed by atoms with Crippen molar-refractivity contribution in [2.45, 2.75) is 96.6 Å². The van der Waals surface area contributed by atoms with Gasteiger partial charge in [-0.3, -0.25) is 0 Å². The van der Waals surface area contributed by atoms with Crippen molar-refractivity contribution in [2.24, 2.45) is 40.2 Å². The molecule has 160 valence electrons. The lowest BCUT2D eigenvalue weighted by molar-refractivity contribution is -0.0785. The van der Waals surface area contributed by atoms with Gasteiger partial charge in [-0.25, -0.2) is 0 Å². The first-order valence-electron chi connectivity index (χ1n) is 12.2. The van der Waals surface area contributed by atoms with E-state index < -0.39 is 0 Å². The minimum absolute atomic E-state index is 0.111. The number of allylic oxidation sites excluding steroid dienone is 1. The quantitative estimate of drug-likeness (QED) is 0.601. The molecule has 0 saturated heterocycles. The van der Waals surface area contributed by atoms with Gasteiger partial charge >= 0.3 is 0 Å². The van der Waals surface area contributed by atoms with Crippen LogP contribution < -0.4 is 11.1 Å². The fraction of sp³-hybridized carbons (Fsp3) is 0.920. The molecule has 4 N–H and O–H groups in total. The van der Waals surface area contributed by atoms with Gasteiger partial charge < -0.3 is 16.2 Å². The van der Waals surface area contributed by atoms with Gasteiger partial charge in [-0.05, 0) is 105 Å². The van der Waals surface area contributed by atoms with E-state index in [1.807, 2.05) is 0 Å². The second-order valence-corrected chi connectivity index (χ2v) is 11.2.